The third kappa shape index (κ3) is 5.93. The highest BCUT2D eigenvalue weighted by atomic mass is 19.4. The molecule has 0 bridgehead atoms. The largest absolute Gasteiger partial charge is 0.416 e. The number of benzene rings is 1. The van der Waals surface area contributed by atoms with Crippen molar-refractivity contribution in [2.45, 2.75) is 19.6 Å². The maximum Gasteiger partial charge on any atom is 0.416 e. The Hall–Kier alpha value is -3.87. The Morgan fingerprint density at radius 3 is 2.57 bits per heavy atom. The second-order valence-corrected chi connectivity index (χ2v) is 9.35. The number of fused-ring (bicyclic) bond motifs is 1. The molecule has 5 rings (SSSR count). The topological polar surface area (TPSA) is 60.1 Å². The minimum absolute atomic E-state index is 0.273. The van der Waals surface area contributed by atoms with Crippen LogP contribution in [0, 0.1) is 18.8 Å². The number of nitrogens with zero attached hydrogens (tertiary/aromatic N) is 4. The SMILES string of the molecule is Cc1c[nH]c2ncc(C#Cc3ccnc(Nc4ccc(CN5CCN(C)CC5)c(C(F)(F)F)c4)c3)cc12. The summed E-state index contributed by atoms with van der Waals surface area (Å²) in [5, 5.41) is 4.02. The van der Waals surface area contributed by atoms with Crippen molar-refractivity contribution in [1.82, 2.24) is 24.8 Å². The molecule has 0 unspecified atom stereocenters. The van der Waals surface area contributed by atoms with Gasteiger partial charge in [-0.15, -0.1) is 0 Å². The van der Waals surface area contributed by atoms with Crippen molar-refractivity contribution < 1.29 is 13.2 Å². The number of piperazine rings is 1. The molecule has 190 valence electrons. The fraction of sp³-hybridized carbons (Fsp3) is 0.286. The first-order valence-electron chi connectivity index (χ1n) is 12.0. The van der Waals surface area contributed by atoms with Gasteiger partial charge in [-0.25, -0.2) is 9.97 Å². The van der Waals surface area contributed by atoms with Gasteiger partial charge in [-0.3, -0.25) is 4.90 Å². The molecule has 1 aliphatic heterocycles. The van der Waals surface area contributed by atoms with E-state index in [2.05, 4.69) is 41.9 Å². The molecule has 6 nitrogen and oxygen atoms in total. The van der Waals surface area contributed by atoms with Crippen molar-refractivity contribution in [3.05, 3.63) is 82.8 Å². The molecule has 0 amide bonds. The van der Waals surface area contributed by atoms with Gasteiger partial charge in [0.05, 0.1) is 5.56 Å². The molecule has 1 saturated heterocycles. The molecule has 1 fully saturated rings. The molecule has 4 aromatic rings. The molecule has 0 saturated carbocycles. The Bertz CT molecular complexity index is 1470. The predicted molar refractivity (Wildman–Crippen MR) is 139 cm³/mol. The van der Waals surface area contributed by atoms with Gasteiger partial charge in [0.2, 0.25) is 0 Å². The molecule has 1 aromatic carbocycles. The van der Waals surface area contributed by atoms with Gasteiger partial charge in [0, 0.05) is 73.5 Å². The Kier molecular flexibility index (Phi) is 6.87. The smallest absolute Gasteiger partial charge is 0.346 e. The lowest BCUT2D eigenvalue weighted by atomic mass is 10.0. The van der Waals surface area contributed by atoms with Crippen molar-refractivity contribution >= 4 is 22.5 Å². The summed E-state index contributed by atoms with van der Waals surface area (Å²) in [7, 11) is 2.02. The van der Waals surface area contributed by atoms with Crippen LogP contribution < -0.4 is 5.32 Å². The lowest BCUT2D eigenvalue weighted by molar-refractivity contribution is -0.138. The molecule has 4 heterocycles. The van der Waals surface area contributed by atoms with E-state index >= 15 is 0 Å². The normalized spacial score (nSPS) is 14.9. The fourth-order valence-electron chi connectivity index (χ4n) is 4.37. The van der Waals surface area contributed by atoms with Gasteiger partial charge in [0.25, 0.3) is 0 Å². The van der Waals surface area contributed by atoms with Gasteiger partial charge in [-0.05, 0) is 55.4 Å². The summed E-state index contributed by atoms with van der Waals surface area (Å²) in [6.45, 7) is 5.48. The molecule has 1 aliphatic rings. The Morgan fingerprint density at radius 1 is 1.00 bits per heavy atom. The number of aromatic nitrogens is 3. The van der Waals surface area contributed by atoms with Gasteiger partial charge >= 0.3 is 6.18 Å². The van der Waals surface area contributed by atoms with Crippen LogP contribution in [0.2, 0.25) is 0 Å². The van der Waals surface area contributed by atoms with Crippen LogP contribution in [0.5, 0.6) is 0 Å². The maximum absolute atomic E-state index is 13.9. The van der Waals surface area contributed by atoms with Crippen molar-refractivity contribution in [1.29, 1.82) is 0 Å². The monoisotopic (exact) mass is 504 g/mol. The minimum atomic E-state index is -4.45. The minimum Gasteiger partial charge on any atom is -0.346 e. The first-order valence-corrected chi connectivity index (χ1v) is 12.0. The number of likely N-dealkylation sites (N-methyl/N-ethyl adjacent to an activating group) is 1. The number of pyridine rings is 2. The van der Waals surface area contributed by atoms with Crippen molar-refractivity contribution in [2.75, 3.05) is 38.5 Å². The van der Waals surface area contributed by atoms with E-state index in [1.165, 1.54) is 0 Å². The van der Waals surface area contributed by atoms with Crippen LogP contribution in [0.1, 0.15) is 27.8 Å². The summed E-state index contributed by atoms with van der Waals surface area (Å²) in [5.41, 5.74) is 3.33. The average molecular weight is 505 g/mol. The van der Waals surface area contributed by atoms with E-state index < -0.39 is 11.7 Å². The lowest BCUT2D eigenvalue weighted by Crippen LogP contribution is -2.44. The van der Waals surface area contributed by atoms with Gasteiger partial charge in [0.15, 0.2) is 0 Å². The number of hydrogen-bond acceptors (Lipinski definition) is 5. The summed E-state index contributed by atoms with van der Waals surface area (Å²) < 4.78 is 41.7. The number of rotatable bonds is 4. The van der Waals surface area contributed by atoms with E-state index in [0.717, 1.165) is 54.4 Å². The van der Waals surface area contributed by atoms with Crippen molar-refractivity contribution in [3.63, 3.8) is 0 Å². The molecule has 37 heavy (non-hydrogen) atoms. The van der Waals surface area contributed by atoms with Crippen LogP contribution in [0.4, 0.5) is 24.7 Å². The highest BCUT2D eigenvalue weighted by Gasteiger charge is 2.34. The standard InChI is InChI=1S/C28H27F3N6/c1-19-16-33-27-24(19)13-21(17-34-27)4-3-20-7-8-32-26(14-20)35-23-6-5-22(25(15-23)28(29,30)31)18-37-11-9-36(2)10-12-37/h5-8,13-17H,9-12,18H2,1-2H3,(H,32,35)(H,33,34). The number of anilines is 2. The first kappa shape index (κ1) is 24.8. The van der Waals surface area contributed by atoms with E-state index in [0.29, 0.717) is 17.1 Å². The fourth-order valence-corrected chi connectivity index (χ4v) is 4.37. The summed E-state index contributed by atoms with van der Waals surface area (Å²) in [4.78, 5) is 16.0. The van der Waals surface area contributed by atoms with Gasteiger partial charge in [0.1, 0.15) is 11.5 Å². The zero-order chi connectivity index (χ0) is 26.0. The van der Waals surface area contributed by atoms with Crippen molar-refractivity contribution in [3.8, 4) is 11.8 Å². The summed E-state index contributed by atoms with van der Waals surface area (Å²) in [5.74, 6) is 6.61. The number of aromatic amines is 1. The van der Waals surface area contributed by atoms with Gasteiger partial charge in [-0.2, -0.15) is 13.2 Å². The highest BCUT2D eigenvalue weighted by molar-refractivity contribution is 5.80. The molecule has 0 atom stereocenters. The number of alkyl halides is 3. The van der Waals surface area contributed by atoms with Crippen LogP contribution in [-0.4, -0.2) is 58.0 Å². The third-order valence-corrected chi connectivity index (χ3v) is 6.53. The van der Waals surface area contributed by atoms with Crippen LogP contribution in [0.3, 0.4) is 0 Å². The van der Waals surface area contributed by atoms with E-state index in [4.69, 9.17) is 0 Å². The second-order valence-electron chi connectivity index (χ2n) is 9.35. The molecule has 9 heteroatoms. The first-order chi connectivity index (χ1) is 17.7. The number of H-pyrrole nitrogens is 1. The maximum atomic E-state index is 13.9. The van der Waals surface area contributed by atoms with E-state index in [-0.39, 0.29) is 12.1 Å². The van der Waals surface area contributed by atoms with Crippen molar-refractivity contribution in [2.24, 2.45) is 0 Å². The van der Waals surface area contributed by atoms with Gasteiger partial charge in [-0.1, -0.05) is 17.9 Å². The average Bonchev–Trinajstić information content (AvgIpc) is 3.24. The quantitative estimate of drug-likeness (QED) is 0.375. The zero-order valence-electron chi connectivity index (χ0n) is 20.7. The summed E-state index contributed by atoms with van der Waals surface area (Å²) in [6, 6.07) is 9.83. The zero-order valence-corrected chi connectivity index (χ0v) is 20.7. The molecule has 3 aromatic heterocycles. The van der Waals surface area contributed by atoms with Crippen LogP contribution >= 0.6 is 0 Å². The lowest BCUT2D eigenvalue weighted by Gasteiger charge is -2.33. The Balaban J connectivity index is 1.34. The molecule has 0 aliphatic carbocycles. The van der Waals surface area contributed by atoms with Crippen LogP contribution in [-0.2, 0) is 12.7 Å². The molecular formula is C28H27F3N6. The Morgan fingerprint density at radius 2 is 1.78 bits per heavy atom. The number of hydrogen-bond donors (Lipinski definition) is 2. The predicted octanol–water partition coefficient (Wildman–Crippen LogP) is 5.18. The van der Waals surface area contributed by atoms with E-state index in [1.807, 2.05) is 26.2 Å². The third-order valence-electron chi connectivity index (χ3n) is 6.53. The molecular weight excluding hydrogens is 477 g/mol. The van der Waals surface area contributed by atoms with E-state index in [1.54, 1.807) is 36.7 Å². The Labute approximate surface area is 213 Å². The second kappa shape index (κ2) is 10.2. The number of aryl methyl sites for hydroxylation is 1. The highest BCUT2D eigenvalue weighted by Crippen LogP contribution is 2.35. The van der Waals surface area contributed by atoms with E-state index in [9.17, 15) is 13.2 Å². The van der Waals surface area contributed by atoms with Crippen LogP contribution in [0.25, 0.3) is 11.0 Å². The molecule has 2 N–H and O–H groups in total. The van der Waals surface area contributed by atoms with Crippen LogP contribution in [0.15, 0.2) is 55.0 Å². The number of halogens is 3. The summed E-state index contributed by atoms with van der Waals surface area (Å²) in [6.07, 6.45) is 0.733. The summed E-state index contributed by atoms with van der Waals surface area (Å²) >= 11 is 0. The number of nitrogens with one attached hydrogen (secondary N) is 2. The van der Waals surface area contributed by atoms with Gasteiger partial charge < -0.3 is 15.2 Å². The molecule has 0 radical (unpaired) electrons. The molecule has 0 spiro atoms.